The molecule has 29 heavy (non-hydrogen) atoms. The van der Waals surface area contributed by atoms with E-state index in [2.05, 4.69) is 19.2 Å². The number of rotatable bonds is 6. The maximum Gasteiger partial charge on any atom is 0.123 e. The van der Waals surface area contributed by atoms with Crippen LogP contribution in [0, 0.1) is 23.5 Å². The highest BCUT2D eigenvalue weighted by molar-refractivity contribution is 5.36. The van der Waals surface area contributed by atoms with Gasteiger partial charge in [0.15, 0.2) is 0 Å². The van der Waals surface area contributed by atoms with Gasteiger partial charge in [-0.15, -0.1) is 0 Å². The van der Waals surface area contributed by atoms with Crippen LogP contribution in [0.2, 0.25) is 0 Å². The Morgan fingerprint density at radius 2 is 1.28 bits per heavy atom. The third kappa shape index (κ3) is 4.72. The van der Waals surface area contributed by atoms with E-state index in [4.69, 9.17) is 9.47 Å². The van der Waals surface area contributed by atoms with E-state index < -0.39 is 0 Å². The van der Waals surface area contributed by atoms with E-state index in [1.165, 1.54) is 12.1 Å². The van der Waals surface area contributed by atoms with Crippen molar-refractivity contribution in [1.29, 1.82) is 0 Å². The molecule has 2 aromatic rings. The van der Waals surface area contributed by atoms with E-state index in [0.717, 1.165) is 61.4 Å². The first-order valence-corrected chi connectivity index (χ1v) is 10.6. The summed E-state index contributed by atoms with van der Waals surface area (Å²) in [6.07, 6.45) is 3.82. The second-order valence-electron chi connectivity index (χ2n) is 8.51. The van der Waals surface area contributed by atoms with Crippen molar-refractivity contribution in [3.63, 3.8) is 0 Å². The molecule has 0 radical (unpaired) electrons. The molecule has 5 heteroatoms. The Hall–Kier alpha value is -2.14. The number of benzene rings is 2. The average molecular weight is 401 g/mol. The lowest BCUT2D eigenvalue weighted by Crippen LogP contribution is -2.40. The summed E-state index contributed by atoms with van der Waals surface area (Å²) < 4.78 is 38.9. The van der Waals surface area contributed by atoms with Gasteiger partial charge in [-0.3, -0.25) is 0 Å². The van der Waals surface area contributed by atoms with Crippen LogP contribution in [0.5, 0.6) is 11.5 Å². The molecule has 0 unspecified atom stereocenters. The molecular formula is C24H29F2NO2. The van der Waals surface area contributed by atoms with Crippen LogP contribution in [-0.4, -0.2) is 25.3 Å². The lowest BCUT2D eigenvalue weighted by Gasteiger charge is -2.32. The van der Waals surface area contributed by atoms with Crippen LogP contribution in [0.25, 0.3) is 0 Å². The Morgan fingerprint density at radius 1 is 0.828 bits per heavy atom. The van der Waals surface area contributed by atoms with Crippen LogP contribution in [-0.2, 0) is 12.8 Å². The molecule has 0 amide bonds. The van der Waals surface area contributed by atoms with Gasteiger partial charge in [-0.05, 0) is 73.2 Å². The van der Waals surface area contributed by atoms with Crippen LogP contribution in [0.1, 0.15) is 37.8 Å². The average Bonchev–Trinajstić information content (AvgIpc) is 2.72. The number of halogens is 2. The van der Waals surface area contributed by atoms with E-state index in [1.807, 2.05) is 0 Å². The Labute approximate surface area is 171 Å². The minimum Gasteiger partial charge on any atom is -0.490 e. The largest absolute Gasteiger partial charge is 0.490 e. The minimum absolute atomic E-state index is 0.142. The molecule has 0 aliphatic carbocycles. The van der Waals surface area contributed by atoms with Crippen molar-refractivity contribution in [3.05, 3.63) is 59.2 Å². The molecule has 2 aliphatic rings. The summed E-state index contributed by atoms with van der Waals surface area (Å²) >= 11 is 0. The Morgan fingerprint density at radius 3 is 1.72 bits per heavy atom. The van der Waals surface area contributed by atoms with Crippen molar-refractivity contribution in [1.82, 2.24) is 5.32 Å². The Kier molecular flexibility index (Phi) is 6.04. The van der Waals surface area contributed by atoms with Crippen LogP contribution in [0.4, 0.5) is 8.78 Å². The van der Waals surface area contributed by atoms with Gasteiger partial charge >= 0.3 is 0 Å². The van der Waals surface area contributed by atoms with Crippen LogP contribution in [0.3, 0.4) is 0 Å². The predicted octanol–water partition coefficient (Wildman–Crippen LogP) is 4.91. The summed E-state index contributed by atoms with van der Waals surface area (Å²) in [5.41, 5.74) is 1.93. The second kappa shape index (κ2) is 8.70. The van der Waals surface area contributed by atoms with Gasteiger partial charge in [-0.1, -0.05) is 13.8 Å². The van der Waals surface area contributed by atoms with Crippen molar-refractivity contribution >= 4 is 0 Å². The molecule has 0 aromatic heterocycles. The number of aryl methyl sites for hydroxylation is 2. The molecule has 2 heterocycles. The van der Waals surface area contributed by atoms with Gasteiger partial charge in [0.05, 0.1) is 0 Å². The van der Waals surface area contributed by atoms with Gasteiger partial charge in [0.25, 0.3) is 0 Å². The fourth-order valence-electron chi connectivity index (χ4n) is 4.36. The van der Waals surface area contributed by atoms with Crippen molar-refractivity contribution in [3.8, 4) is 11.5 Å². The lowest BCUT2D eigenvalue weighted by atomic mass is 9.93. The zero-order valence-corrected chi connectivity index (χ0v) is 17.1. The molecular weight excluding hydrogens is 372 g/mol. The third-order valence-electron chi connectivity index (χ3n) is 6.20. The zero-order chi connectivity index (χ0) is 20.4. The van der Waals surface area contributed by atoms with Crippen molar-refractivity contribution in [2.45, 2.75) is 51.7 Å². The fraction of sp³-hybridized carbons (Fsp3) is 0.500. The fourth-order valence-corrected chi connectivity index (χ4v) is 4.36. The standard InChI is InChI=1S/C24H29F2NO2/c1-15(21-7-3-17-11-19(25)5-9-23(17)28-21)13-27-14-16(2)22-8-4-18-12-20(26)6-10-24(18)29-22/h5-6,9-12,15-16,21-22,27H,3-4,7-8,13-14H2,1-2H3/t15-,16+,21-,22-/m1/s1. The van der Waals surface area contributed by atoms with E-state index >= 15 is 0 Å². The maximum atomic E-state index is 13.4. The van der Waals surface area contributed by atoms with Gasteiger partial charge in [0.1, 0.15) is 35.3 Å². The first-order valence-electron chi connectivity index (χ1n) is 10.6. The first kappa shape index (κ1) is 20.1. The predicted molar refractivity (Wildman–Crippen MR) is 109 cm³/mol. The molecule has 1 N–H and O–H groups in total. The van der Waals surface area contributed by atoms with Crippen molar-refractivity contribution in [2.75, 3.05) is 13.1 Å². The molecule has 2 aromatic carbocycles. The molecule has 4 rings (SSSR count). The van der Waals surface area contributed by atoms with E-state index in [1.54, 1.807) is 24.3 Å². The zero-order valence-electron chi connectivity index (χ0n) is 17.1. The van der Waals surface area contributed by atoms with Crippen LogP contribution in [0.15, 0.2) is 36.4 Å². The third-order valence-corrected chi connectivity index (χ3v) is 6.20. The molecule has 0 bridgehead atoms. The highest BCUT2D eigenvalue weighted by atomic mass is 19.1. The van der Waals surface area contributed by atoms with Gasteiger partial charge in [-0.2, -0.15) is 0 Å². The Bertz CT molecular complexity index is 787. The number of ether oxygens (including phenoxy) is 2. The summed E-state index contributed by atoms with van der Waals surface area (Å²) in [6, 6.07) is 9.55. The van der Waals surface area contributed by atoms with E-state index in [0.29, 0.717) is 11.8 Å². The molecule has 2 aliphatic heterocycles. The number of hydrogen-bond acceptors (Lipinski definition) is 3. The van der Waals surface area contributed by atoms with E-state index in [-0.39, 0.29) is 23.8 Å². The number of hydrogen-bond donors (Lipinski definition) is 1. The Balaban J connectivity index is 1.24. The quantitative estimate of drug-likeness (QED) is 0.746. The lowest BCUT2D eigenvalue weighted by molar-refractivity contribution is 0.105. The second-order valence-corrected chi connectivity index (χ2v) is 8.51. The summed E-state index contributed by atoms with van der Waals surface area (Å²) in [6.45, 7) is 6.11. The van der Waals surface area contributed by atoms with Crippen LogP contribution < -0.4 is 14.8 Å². The summed E-state index contributed by atoms with van der Waals surface area (Å²) in [4.78, 5) is 0. The first-order chi connectivity index (χ1) is 14.0. The molecule has 0 saturated heterocycles. The van der Waals surface area contributed by atoms with E-state index in [9.17, 15) is 8.78 Å². The summed E-state index contributed by atoms with van der Waals surface area (Å²) in [5, 5.41) is 3.57. The number of nitrogens with one attached hydrogen (secondary N) is 1. The van der Waals surface area contributed by atoms with Gasteiger partial charge < -0.3 is 14.8 Å². The highest BCUT2D eigenvalue weighted by Crippen LogP contribution is 2.32. The molecule has 3 nitrogen and oxygen atoms in total. The van der Waals surface area contributed by atoms with Crippen molar-refractivity contribution in [2.24, 2.45) is 11.8 Å². The topological polar surface area (TPSA) is 30.5 Å². The highest BCUT2D eigenvalue weighted by Gasteiger charge is 2.27. The molecule has 0 saturated carbocycles. The smallest absolute Gasteiger partial charge is 0.123 e. The van der Waals surface area contributed by atoms with Gasteiger partial charge in [0, 0.05) is 24.9 Å². The van der Waals surface area contributed by atoms with Crippen LogP contribution >= 0.6 is 0 Å². The molecule has 4 atom stereocenters. The van der Waals surface area contributed by atoms with Gasteiger partial charge in [-0.25, -0.2) is 8.78 Å². The minimum atomic E-state index is -0.202. The van der Waals surface area contributed by atoms with Gasteiger partial charge in [0.2, 0.25) is 0 Å². The molecule has 0 fully saturated rings. The monoisotopic (exact) mass is 401 g/mol. The summed E-state index contributed by atoms with van der Waals surface area (Å²) in [5.74, 6) is 1.94. The molecule has 0 spiro atoms. The maximum absolute atomic E-state index is 13.4. The molecule has 156 valence electrons. The number of fused-ring (bicyclic) bond motifs is 2. The SMILES string of the molecule is C[C@H](CNC[C@H](C)[C@H]1CCc2cc(F)ccc2O1)[C@H]1CCc2cc(F)ccc2O1. The van der Waals surface area contributed by atoms with Crippen molar-refractivity contribution < 1.29 is 18.3 Å². The summed E-state index contributed by atoms with van der Waals surface area (Å²) in [7, 11) is 0. The normalized spacial score (nSPS) is 22.6.